The van der Waals surface area contributed by atoms with E-state index in [4.69, 9.17) is 16.7 Å². The summed E-state index contributed by atoms with van der Waals surface area (Å²) < 4.78 is 13.3. The smallest absolute Gasteiger partial charge is 0.307 e. The second-order valence-electron chi connectivity index (χ2n) is 5.70. The van der Waals surface area contributed by atoms with Crippen LogP contribution in [0.25, 0.3) is 10.9 Å². The second kappa shape index (κ2) is 8.45. The highest BCUT2D eigenvalue weighted by molar-refractivity contribution is 6.31. The highest BCUT2D eigenvalue weighted by atomic mass is 35.5. The van der Waals surface area contributed by atoms with Gasteiger partial charge in [-0.3, -0.25) is 9.59 Å². The van der Waals surface area contributed by atoms with E-state index in [2.05, 4.69) is 20.6 Å². The van der Waals surface area contributed by atoms with Crippen LogP contribution in [-0.2, 0) is 9.59 Å². The predicted octanol–water partition coefficient (Wildman–Crippen LogP) is 4.14. The molecule has 28 heavy (non-hydrogen) atoms. The second-order valence-corrected chi connectivity index (χ2v) is 6.10. The van der Waals surface area contributed by atoms with Crippen molar-refractivity contribution in [2.45, 2.75) is 6.42 Å². The van der Waals surface area contributed by atoms with Crippen molar-refractivity contribution in [3.05, 3.63) is 65.7 Å². The summed E-state index contributed by atoms with van der Waals surface area (Å²) in [6.07, 6.45) is 3.54. The van der Waals surface area contributed by atoms with Gasteiger partial charge in [0.05, 0.1) is 17.0 Å². The van der Waals surface area contributed by atoms with Gasteiger partial charge in [-0.15, -0.1) is 0 Å². The first kappa shape index (κ1) is 19.2. The zero-order valence-electron chi connectivity index (χ0n) is 14.3. The van der Waals surface area contributed by atoms with Gasteiger partial charge in [-0.2, -0.15) is 0 Å². The van der Waals surface area contributed by atoms with Gasteiger partial charge in [0, 0.05) is 16.8 Å². The number of nitrogens with one attached hydrogen (secondary N) is 2. The highest BCUT2D eigenvalue weighted by Crippen LogP contribution is 2.27. The van der Waals surface area contributed by atoms with Crippen molar-refractivity contribution in [1.82, 2.24) is 9.97 Å². The van der Waals surface area contributed by atoms with E-state index in [0.717, 1.165) is 6.08 Å². The third-order valence-corrected chi connectivity index (χ3v) is 3.94. The molecule has 0 unspecified atom stereocenters. The first-order valence-electron chi connectivity index (χ1n) is 8.08. The minimum Gasteiger partial charge on any atom is -0.481 e. The van der Waals surface area contributed by atoms with Crippen molar-refractivity contribution in [2.24, 2.45) is 0 Å². The number of halogens is 2. The Bertz CT molecular complexity index is 1090. The van der Waals surface area contributed by atoms with Crippen LogP contribution in [0, 0.1) is 5.82 Å². The van der Waals surface area contributed by atoms with Crippen molar-refractivity contribution in [3.63, 3.8) is 0 Å². The lowest BCUT2D eigenvalue weighted by Gasteiger charge is -2.10. The summed E-state index contributed by atoms with van der Waals surface area (Å²) in [6.45, 7) is 0. The van der Waals surface area contributed by atoms with Crippen LogP contribution in [0.3, 0.4) is 0 Å². The Morgan fingerprint density at radius 2 is 1.93 bits per heavy atom. The first-order valence-corrected chi connectivity index (χ1v) is 8.46. The summed E-state index contributed by atoms with van der Waals surface area (Å²) in [6, 6.07) is 9.24. The number of anilines is 3. The normalized spacial score (nSPS) is 10.9. The zero-order valence-corrected chi connectivity index (χ0v) is 15.1. The minimum absolute atomic E-state index is 0.0236. The molecule has 1 amide bonds. The molecule has 0 atom stereocenters. The number of hydrogen-bond acceptors (Lipinski definition) is 5. The largest absolute Gasteiger partial charge is 0.481 e. The average Bonchev–Trinajstić information content (AvgIpc) is 2.65. The zero-order chi connectivity index (χ0) is 20.1. The number of carbonyl (C=O) groups is 2. The minimum atomic E-state index is -1.02. The molecule has 1 aromatic heterocycles. The Kier molecular flexibility index (Phi) is 5.81. The van der Waals surface area contributed by atoms with Gasteiger partial charge in [-0.1, -0.05) is 17.7 Å². The van der Waals surface area contributed by atoms with E-state index < -0.39 is 17.7 Å². The van der Waals surface area contributed by atoms with Crippen molar-refractivity contribution >= 4 is 51.6 Å². The van der Waals surface area contributed by atoms with Gasteiger partial charge in [0.1, 0.15) is 18.0 Å². The van der Waals surface area contributed by atoms with Gasteiger partial charge in [-0.25, -0.2) is 14.4 Å². The fraction of sp³-hybridized carbons (Fsp3) is 0.0526. The molecular weight excluding hydrogens is 387 g/mol. The Hall–Kier alpha value is -3.52. The fourth-order valence-electron chi connectivity index (χ4n) is 2.40. The van der Waals surface area contributed by atoms with Crippen LogP contribution in [-0.4, -0.2) is 27.0 Å². The van der Waals surface area contributed by atoms with Crippen LogP contribution in [0.4, 0.5) is 21.6 Å². The van der Waals surface area contributed by atoms with Gasteiger partial charge < -0.3 is 15.7 Å². The van der Waals surface area contributed by atoms with Crippen LogP contribution >= 0.6 is 11.6 Å². The molecule has 7 nitrogen and oxygen atoms in total. The quantitative estimate of drug-likeness (QED) is 0.537. The molecule has 3 N–H and O–H groups in total. The topological polar surface area (TPSA) is 104 Å². The van der Waals surface area contributed by atoms with E-state index in [0.29, 0.717) is 28.1 Å². The number of aromatic nitrogens is 2. The SMILES string of the molecule is O=C(O)C/C=C/C(=O)Nc1ccc2ncnc(Nc3ccc(F)c(Cl)c3)c2c1. The molecule has 0 spiro atoms. The lowest BCUT2D eigenvalue weighted by molar-refractivity contribution is -0.136. The van der Waals surface area contributed by atoms with E-state index >= 15 is 0 Å². The maximum atomic E-state index is 13.3. The van der Waals surface area contributed by atoms with Crippen LogP contribution in [0.5, 0.6) is 0 Å². The molecule has 0 radical (unpaired) electrons. The molecule has 3 aromatic rings. The van der Waals surface area contributed by atoms with Gasteiger partial charge in [0.15, 0.2) is 0 Å². The molecule has 0 aliphatic rings. The van der Waals surface area contributed by atoms with Gasteiger partial charge in [0.25, 0.3) is 0 Å². The van der Waals surface area contributed by atoms with E-state index in [1.165, 1.54) is 30.6 Å². The molecule has 0 aliphatic carbocycles. The number of rotatable bonds is 6. The molecule has 0 aliphatic heterocycles. The summed E-state index contributed by atoms with van der Waals surface area (Å²) >= 11 is 5.80. The number of amides is 1. The van der Waals surface area contributed by atoms with Crippen molar-refractivity contribution < 1.29 is 19.1 Å². The van der Waals surface area contributed by atoms with Gasteiger partial charge in [0.2, 0.25) is 5.91 Å². The summed E-state index contributed by atoms with van der Waals surface area (Å²) in [5.41, 5.74) is 1.65. The molecule has 2 aromatic carbocycles. The molecule has 9 heteroatoms. The number of carboxylic acids is 1. The van der Waals surface area contributed by atoms with Crippen molar-refractivity contribution in [1.29, 1.82) is 0 Å². The summed E-state index contributed by atoms with van der Waals surface area (Å²) in [5.74, 6) is -1.56. The monoisotopic (exact) mass is 400 g/mol. The molecule has 142 valence electrons. The summed E-state index contributed by atoms with van der Waals surface area (Å²) in [4.78, 5) is 30.7. The maximum Gasteiger partial charge on any atom is 0.307 e. The molecule has 0 bridgehead atoms. The number of hydrogen-bond donors (Lipinski definition) is 3. The molecule has 0 saturated heterocycles. The molecule has 1 heterocycles. The number of aliphatic carboxylic acids is 1. The number of nitrogens with zero attached hydrogens (tertiary/aromatic N) is 2. The van der Waals surface area contributed by atoms with Crippen molar-refractivity contribution in [3.8, 4) is 0 Å². The summed E-state index contributed by atoms with van der Waals surface area (Å²) in [7, 11) is 0. The Morgan fingerprint density at radius 3 is 2.68 bits per heavy atom. The van der Waals surface area contributed by atoms with Gasteiger partial charge >= 0.3 is 5.97 Å². The molecular formula is C19H14ClFN4O3. The number of benzene rings is 2. The number of carboxylic acid groups (broad SMARTS) is 1. The Labute approximate surface area is 163 Å². The van der Waals surface area contributed by atoms with E-state index in [1.54, 1.807) is 18.2 Å². The lowest BCUT2D eigenvalue weighted by Crippen LogP contribution is -2.08. The first-order chi connectivity index (χ1) is 13.4. The predicted molar refractivity (Wildman–Crippen MR) is 104 cm³/mol. The molecule has 0 fully saturated rings. The number of carbonyl (C=O) groups excluding carboxylic acids is 1. The van der Waals surface area contributed by atoms with Crippen LogP contribution in [0.1, 0.15) is 6.42 Å². The third-order valence-electron chi connectivity index (χ3n) is 3.65. The maximum absolute atomic E-state index is 13.3. The van der Waals surface area contributed by atoms with E-state index in [-0.39, 0.29) is 11.4 Å². The summed E-state index contributed by atoms with van der Waals surface area (Å²) in [5, 5.41) is 14.9. The third kappa shape index (κ3) is 4.80. The highest BCUT2D eigenvalue weighted by Gasteiger charge is 2.08. The Balaban J connectivity index is 1.85. The van der Waals surface area contributed by atoms with E-state index in [1.807, 2.05) is 0 Å². The number of fused-ring (bicyclic) bond motifs is 1. The van der Waals surface area contributed by atoms with E-state index in [9.17, 15) is 14.0 Å². The fourth-order valence-corrected chi connectivity index (χ4v) is 2.58. The standard InChI is InChI=1S/C19H14ClFN4O3/c20-14-9-12(4-6-15(14)21)25-19-13-8-11(5-7-16(13)22-10-23-19)24-17(26)2-1-3-18(27)28/h1-2,4-10H,3H2,(H,24,26)(H,27,28)(H,22,23,25)/b2-1+. The lowest BCUT2D eigenvalue weighted by atomic mass is 10.2. The van der Waals surface area contributed by atoms with Crippen LogP contribution in [0.15, 0.2) is 54.9 Å². The molecule has 3 rings (SSSR count). The van der Waals surface area contributed by atoms with Crippen molar-refractivity contribution in [2.75, 3.05) is 10.6 Å². The average molecular weight is 401 g/mol. The van der Waals surface area contributed by atoms with Crippen LogP contribution < -0.4 is 10.6 Å². The van der Waals surface area contributed by atoms with Crippen LogP contribution in [0.2, 0.25) is 5.02 Å². The van der Waals surface area contributed by atoms with Gasteiger partial charge in [-0.05, 0) is 42.5 Å². The molecule has 0 saturated carbocycles. The Morgan fingerprint density at radius 1 is 1.14 bits per heavy atom.